The molecule has 5 heteroatoms. The van der Waals surface area contributed by atoms with Gasteiger partial charge in [-0.25, -0.2) is 0 Å². The molecule has 0 atom stereocenters. The zero-order valence-corrected chi connectivity index (χ0v) is 9.62. The quantitative estimate of drug-likeness (QED) is 0.786. The maximum atomic E-state index is 12.7. The number of aryl methyl sites for hydroxylation is 1. The molecule has 94 valence electrons. The maximum absolute atomic E-state index is 12.7. The summed E-state index contributed by atoms with van der Waals surface area (Å²) in [4.78, 5) is 3.92. The summed E-state index contributed by atoms with van der Waals surface area (Å²) in [5.74, 6) is 0. The van der Waals surface area contributed by atoms with Gasteiger partial charge in [0.2, 0.25) is 0 Å². The molecule has 2 nitrogen and oxygen atoms in total. The van der Waals surface area contributed by atoms with Crippen molar-refractivity contribution in [2.45, 2.75) is 13.1 Å². The van der Waals surface area contributed by atoms with Gasteiger partial charge in [0.15, 0.2) is 0 Å². The van der Waals surface area contributed by atoms with Gasteiger partial charge in [0, 0.05) is 23.6 Å². The number of hydrogen-bond donors (Lipinski definition) is 1. The molecule has 0 aliphatic rings. The lowest BCUT2D eigenvalue weighted by Crippen LogP contribution is -2.09. The van der Waals surface area contributed by atoms with Crippen LogP contribution in [0.5, 0.6) is 0 Å². The van der Waals surface area contributed by atoms with Gasteiger partial charge in [-0.1, -0.05) is 6.07 Å². The second kappa shape index (κ2) is 4.33. The molecule has 0 bridgehead atoms. The molecule has 0 radical (unpaired) electrons. The van der Waals surface area contributed by atoms with Crippen molar-refractivity contribution in [1.82, 2.24) is 4.98 Å². The third kappa shape index (κ3) is 2.30. The highest BCUT2D eigenvalue weighted by Gasteiger charge is 2.33. The Morgan fingerprint density at radius 3 is 2.50 bits per heavy atom. The van der Waals surface area contributed by atoms with Crippen molar-refractivity contribution in [3.63, 3.8) is 0 Å². The average Bonchev–Trinajstić information content (AvgIpc) is 2.29. The van der Waals surface area contributed by atoms with Crippen LogP contribution in [0.15, 0.2) is 36.7 Å². The Balaban J connectivity index is 2.58. The van der Waals surface area contributed by atoms with Crippen molar-refractivity contribution in [2.75, 3.05) is 5.73 Å². The summed E-state index contributed by atoms with van der Waals surface area (Å²) in [6.45, 7) is 1.82. The number of nitrogens with two attached hydrogens (primary N) is 1. The van der Waals surface area contributed by atoms with Crippen molar-refractivity contribution < 1.29 is 13.2 Å². The summed E-state index contributed by atoms with van der Waals surface area (Å²) in [5.41, 5.74) is 6.26. The van der Waals surface area contributed by atoms with E-state index in [9.17, 15) is 13.2 Å². The zero-order valence-electron chi connectivity index (χ0n) is 9.62. The van der Waals surface area contributed by atoms with Crippen molar-refractivity contribution in [3.8, 4) is 11.1 Å². The monoisotopic (exact) mass is 252 g/mol. The molecular weight excluding hydrogens is 241 g/mol. The van der Waals surface area contributed by atoms with Crippen LogP contribution in [0.2, 0.25) is 0 Å². The second-order valence-corrected chi connectivity index (χ2v) is 3.99. The van der Waals surface area contributed by atoms with Crippen LogP contribution in [-0.2, 0) is 6.18 Å². The van der Waals surface area contributed by atoms with Crippen molar-refractivity contribution >= 4 is 5.69 Å². The summed E-state index contributed by atoms with van der Waals surface area (Å²) in [5, 5.41) is 0. The zero-order chi connectivity index (χ0) is 13.3. The molecular formula is C13H11F3N2. The molecule has 1 heterocycles. The summed E-state index contributed by atoms with van der Waals surface area (Å²) in [7, 11) is 0. The van der Waals surface area contributed by atoms with E-state index in [1.165, 1.54) is 6.07 Å². The van der Waals surface area contributed by atoms with Gasteiger partial charge in [-0.2, -0.15) is 13.2 Å². The van der Waals surface area contributed by atoms with E-state index < -0.39 is 11.7 Å². The molecule has 0 spiro atoms. The minimum absolute atomic E-state index is 0.271. The van der Waals surface area contributed by atoms with Crippen LogP contribution in [0.25, 0.3) is 11.1 Å². The number of rotatable bonds is 1. The molecule has 1 aromatic carbocycles. The normalized spacial score (nSPS) is 11.6. The predicted molar refractivity (Wildman–Crippen MR) is 63.8 cm³/mol. The van der Waals surface area contributed by atoms with Gasteiger partial charge in [0.1, 0.15) is 0 Å². The molecule has 1 aromatic heterocycles. The molecule has 2 N–H and O–H groups in total. The third-order valence-electron chi connectivity index (χ3n) is 2.71. The Kier molecular flexibility index (Phi) is 2.98. The minimum Gasteiger partial charge on any atom is -0.398 e. The first-order valence-corrected chi connectivity index (χ1v) is 5.27. The third-order valence-corrected chi connectivity index (χ3v) is 2.71. The lowest BCUT2D eigenvalue weighted by atomic mass is 10.00. The average molecular weight is 252 g/mol. The molecule has 0 fully saturated rings. The fraction of sp³-hybridized carbons (Fsp3) is 0.154. The number of hydrogen-bond acceptors (Lipinski definition) is 2. The Morgan fingerprint density at radius 1 is 1.17 bits per heavy atom. The Hall–Kier alpha value is -2.04. The molecule has 0 saturated heterocycles. The molecule has 0 aliphatic carbocycles. The predicted octanol–water partition coefficient (Wildman–Crippen LogP) is 3.66. The lowest BCUT2D eigenvalue weighted by molar-refractivity contribution is -0.136. The molecule has 18 heavy (non-hydrogen) atoms. The summed E-state index contributed by atoms with van der Waals surface area (Å²) < 4.78 is 38.2. The highest BCUT2D eigenvalue weighted by Crippen LogP contribution is 2.36. The SMILES string of the molecule is Cc1ccncc1-c1ccc(N)c(C(F)(F)F)c1. The van der Waals surface area contributed by atoms with Gasteiger partial charge in [-0.05, 0) is 36.2 Å². The number of nitrogen functional groups attached to an aromatic ring is 1. The highest BCUT2D eigenvalue weighted by atomic mass is 19.4. The smallest absolute Gasteiger partial charge is 0.398 e. The molecule has 0 aliphatic heterocycles. The summed E-state index contributed by atoms with van der Waals surface area (Å²) in [6.07, 6.45) is -1.31. The molecule has 2 aromatic rings. The van der Waals surface area contributed by atoms with Gasteiger partial charge >= 0.3 is 6.18 Å². The number of benzene rings is 1. The Labute approximate surface area is 102 Å². The first-order chi connectivity index (χ1) is 8.39. The van der Waals surface area contributed by atoms with E-state index in [2.05, 4.69) is 4.98 Å². The number of aromatic nitrogens is 1. The number of alkyl halides is 3. The van der Waals surface area contributed by atoms with Gasteiger partial charge in [0.05, 0.1) is 5.56 Å². The second-order valence-electron chi connectivity index (χ2n) is 3.99. The van der Waals surface area contributed by atoms with E-state index in [1.807, 2.05) is 6.92 Å². The van der Waals surface area contributed by atoms with Crippen LogP contribution < -0.4 is 5.73 Å². The number of pyridine rings is 1. The molecule has 0 unspecified atom stereocenters. The lowest BCUT2D eigenvalue weighted by Gasteiger charge is -2.12. The van der Waals surface area contributed by atoms with Gasteiger partial charge in [-0.15, -0.1) is 0 Å². The van der Waals surface area contributed by atoms with E-state index in [1.54, 1.807) is 24.5 Å². The first kappa shape index (κ1) is 12.4. The Bertz CT molecular complexity index is 577. The largest absolute Gasteiger partial charge is 0.418 e. The standard InChI is InChI=1S/C13H11F3N2/c1-8-4-5-18-7-10(8)9-2-3-12(17)11(6-9)13(14,15)16/h2-7H,17H2,1H3. The fourth-order valence-corrected chi connectivity index (χ4v) is 1.74. The highest BCUT2D eigenvalue weighted by molar-refractivity contribution is 5.70. The van der Waals surface area contributed by atoms with Crippen LogP contribution in [-0.4, -0.2) is 4.98 Å². The first-order valence-electron chi connectivity index (χ1n) is 5.27. The number of nitrogens with zero attached hydrogens (tertiary/aromatic N) is 1. The molecule has 0 saturated carbocycles. The van der Waals surface area contributed by atoms with Crippen LogP contribution in [0.4, 0.5) is 18.9 Å². The van der Waals surface area contributed by atoms with E-state index >= 15 is 0 Å². The van der Waals surface area contributed by atoms with Gasteiger partial charge < -0.3 is 5.73 Å². The maximum Gasteiger partial charge on any atom is 0.418 e. The van der Waals surface area contributed by atoms with Crippen LogP contribution in [0, 0.1) is 6.92 Å². The van der Waals surface area contributed by atoms with Gasteiger partial charge in [-0.3, -0.25) is 4.98 Å². The number of halogens is 3. The van der Waals surface area contributed by atoms with Crippen LogP contribution in [0.3, 0.4) is 0 Å². The Morgan fingerprint density at radius 2 is 1.89 bits per heavy atom. The summed E-state index contributed by atoms with van der Waals surface area (Å²) in [6, 6.07) is 5.64. The molecule has 0 amide bonds. The fourth-order valence-electron chi connectivity index (χ4n) is 1.74. The van der Waals surface area contributed by atoms with E-state index in [4.69, 9.17) is 5.73 Å². The van der Waals surface area contributed by atoms with Crippen molar-refractivity contribution in [2.24, 2.45) is 0 Å². The van der Waals surface area contributed by atoms with E-state index in [0.717, 1.165) is 11.6 Å². The molecule has 2 rings (SSSR count). The van der Waals surface area contributed by atoms with Crippen molar-refractivity contribution in [3.05, 3.63) is 47.8 Å². The van der Waals surface area contributed by atoms with E-state index in [-0.39, 0.29) is 5.69 Å². The summed E-state index contributed by atoms with van der Waals surface area (Å²) >= 11 is 0. The topological polar surface area (TPSA) is 38.9 Å². The van der Waals surface area contributed by atoms with E-state index in [0.29, 0.717) is 11.1 Å². The van der Waals surface area contributed by atoms with Gasteiger partial charge in [0.25, 0.3) is 0 Å². The van der Waals surface area contributed by atoms with Crippen LogP contribution in [0.1, 0.15) is 11.1 Å². The minimum atomic E-state index is -4.45. The van der Waals surface area contributed by atoms with Crippen LogP contribution >= 0.6 is 0 Å². The number of anilines is 1. The van der Waals surface area contributed by atoms with Crippen molar-refractivity contribution in [1.29, 1.82) is 0 Å².